The summed E-state index contributed by atoms with van der Waals surface area (Å²) >= 11 is 0. The topological polar surface area (TPSA) is 73.0 Å². The van der Waals surface area contributed by atoms with E-state index < -0.39 is 5.97 Å². The van der Waals surface area contributed by atoms with Crippen LogP contribution in [0.2, 0.25) is 0 Å². The molecule has 188 valence electrons. The summed E-state index contributed by atoms with van der Waals surface area (Å²) in [6, 6.07) is 14.5. The molecule has 2 fully saturated rings. The van der Waals surface area contributed by atoms with Crippen molar-refractivity contribution in [1.29, 1.82) is 0 Å². The molecule has 37 heavy (non-hydrogen) atoms. The first-order valence-electron chi connectivity index (χ1n) is 12.8. The summed E-state index contributed by atoms with van der Waals surface area (Å²) < 4.78 is 12.2. The number of carbonyl (C=O) groups is 1. The normalized spacial score (nSPS) is 26.9. The zero-order valence-electron chi connectivity index (χ0n) is 21.3. The zero-order chi connectivity index (χ0) is 25.9. The van der Waals surface area contributed by atoms with Gasteiger partial charge in [0.25, 0.3) is 0 Å². The molecule has 1 heterocycles. The van der Waals surface area contributed by atoms with Crippen LogP contribution >= 0.6 is 0 Å². The van der Waals surface area contributed by atoms with Gasteiger partial charge in [0.2, 0.25) is 11.4 Å². The predicted molar refractivity (Wildman–Crippen MR) is 140 cm³/mol. The average Bonchev–Trinajstić information content (AvgIpc) is 3.44. The zero-order valence-corrected chi connectivity index (χ0v) is 21.3. The highest BCUT2D eigenvalue weighted by Gasteiger charge is 2.60. The highest BCUT2D eigenvalue weighted by Crippen LogP contribution is 2.61. The molecule has 0 bridgehead atoms. The number of pyridine rings is 1. The standard InChI is InChI=1S/C31H30N2O4/c1-17-8-22(37-23-13-31(3,14-23)32-4)9-18(2)27(17)20-7-5-6-19(10-20)16-36-26-12-21-11-24-28(25(21)15-33-26)29(24)30(34)35/h5-10,12,15,23-24,28-29H,11,13-14,16H2,1-3H3,(H,34,35)/t23?,24-,28-,29+,31?/m1/s1. The van der Waals surface area contributed by atoms with Crippen LogP contribution in [0, 0.1) is 32.3 Å². The van der Waals surface area contributed by atoms with E-state index in [2.05, 4.69) is 54.0 Å². The van der Waals surface area contributed by atoms with Gasteiger partial charge in [-0.25, -0.2) is 11.6 Å². The molecule has 1 aromatic heterocycles. The monoisotopic (exact) mass is 494 g/mol. The lowest BCUT2D eigenvalue weighted by molar-refractivity contribution is -0.139. The van der Waals surface area contributed by atoms with Gasteiger partial charge in [-0.15, -0.1) is 0 Å². The Hall–Kier alpha value is -3.85. The molecule has 2 aromatic carbocycles. The Kier molecular flexibility index (Phi) is 5.49. The second kappa shape index (κ2) is 8.62. The molecule has 0 unspecified atom stereocenters. The van der Waals surface area contributed by atoms with Gasteiger partial charge >= 0.3 is 5.97 Å². The van der Waals surface area contributed by atoms with E-state index in [1.807, 2.05) is 19.1 Å². The Balaban J connectivity index is 1.13. The van der Waals surface area contributed by atoms with E-state index in [9.17, 15) is 9.90 Å². The number of ether oxygens (including phenoxy) is 2. The van der Waals surface area contributed by atoms with Gasteiger partial charge in [-0.3, -0.25) is 4.79 Å². The number of benzene rings is 2. The minimum absolute atomic E-state index is 0.112. The molecule has 6 rings (SSSR count). The van der Waals surface area contributed by atoms with Gasteiger partial charge in [0.15, 0.2) is 0 Å². The van der Waals surface area contributed by atoms with Crippen LogP contribution in [0.25, 0.3) is 16.0 Å². The van der Waals surface area contributed by atoms with Crippen molar-refractivity contribution in [1.82, 2.24) is 4.98 Å². The van der Waals surface area contributed by atoms with Crippen molar-refractivity contribution < 1.29 is 19.4 Å². The van der Waals surface area contributed by atoms with Crippen LogP contribution in [-0.4, -0.2) is 27.7 Å². The summed E-state index contributed by atoms with van der Waals surface area (Å²) in [5, 5.41) is 9.31. The molecule has 1 N–H and O–H groups in total. The number of fused-ring (bicyclic) bond motifs is 3. The molecule has 3 aromatic rings. The van der Waals surface area contributed by atoms with Gasteiger partial charge in [0, 0.05) is 25.1 Å². The van der Waals surface area contributed by atoms with Crippen LogP contribution in [0.4, 0.5) is 0 Å². The lowest BCUT2D eigenvalue weighted by atomic mass is 9.76. The Morgan fingerprint density at radius 2 is 1.95 bits per heavy atom. The quantitative estimate of drug-likeness (QED) is 0.400. The SMILES string of the molecule is [C-]#[N+]C1(C)CC(Oc2cc(C)c(-c3cccc(COc4cc5c(cn4)[C@H]4[C@@H](C5)[C@@H]4C(=O)O)c3)c(C)c2)C1. The van der Waals surface area contributed by atoms with Gasteiger partial charge in [-0.05, 0) is 83.3 Å². The van der Waals surface area contributed by atoms with Gasteiger partial charge in [0.1, 0.15) is 18.5 Å². The van der Waals surface area contributed by atoms with Gasteiger partial charge in [-0.2, -0.15) is 0 Å². The smallest absolute Gasteiger partial charge is 0.307 e. The highest BCUT2D eigenvalue weighted by molar-refractivity contribution is 5.77. The second-order valence-corrected chi connectivity index (χ2v) is 11.2. The summed E-state index contributed by atoms with van der Waals surface area (Å²) in [4.78, 5) is 19.5. The number of carboxylic acids is 1. The maximum Gasteiger partial charge on any atom is 0.307 e. The van der Waals surface area contributed by atoms with Crippen LogP contribution in [0.1, 0.15) is 53.5 Å². The van der Waals surface area contributed by atoms with Crippen molar-refractivity contribution in [2.24, 2.45) is 11.8 Å². The number of aryl methyl sites for hydroxylation is 2. The van der Waals surface area contributed by atoms with Crippen molar-refractivity contribution in [2.45, 2.75) is 64.2 Å². The Morgan fingerprint density at radius 3 is 2.65 bits per heavy atom. The number of carboxylic acid groups (broad SMARTS) is 1. The molecular formula is C31H30N2O4. The lowest BCUT2D eigenvalue weighted by Gasteiger charge is -2.35. The fourth-order valence-electron chi connectivity index (χ4n) is 6.39. The van der Waals surface area contributed by atoms with E-state index in [-0.39, 0.29) is 29.4 Å². The molecule has 0 amide bonds. The fourth-order valence-corrected chi connectivity index (χ4v) is 6.39. The van der Waals surface area contributed by atoms with Crippen LogP contribution in [0.3, 0.4) is 0 Å². The Morgan fingerprint density at radius 1 is 1.19 bits per heavy atom. The maximum absolute atomic E-state index is 11.3. The summed E-state index contributed by atoms with van der Waals surface area (Å²) in [6.45, 7) is 13.9. The van der Waals surface area contributed by atoms with E-state index in [1.165, 1.54) is 11.1 Å². The van der Waals surface area contributed by atoms with Crippen molar-refractivity contribution in [3.63, 3.8) is 0 Å². The van der Waals surface area contributed by atoms with Crippen molar-refractivity contribution >= 4 is 5.97 Å². The molecule has 3 atom stereocenters. The van der Waals surface area contributed by atoms with Crippen molar-refractivity contribution in [3.05, 3.63) is 87.9 Å². The molecule has 3 aliphatic rings. The first kappa shape index (κ1) is 23.5. The fraction of sp³-hybridized carbons (Fsp3) is 0.387. The number of rotatable bonds is 7. The van der Waals surface area contributed by atoms with Crippen LogP contribution in [0.15, 0.2) is 48.7 Å². The number of aliphatic carboxylic acids is 1. The van der Waals surface area contributed by atoms with E-state index in [0.29, 0.717) is 12.5 Å². The Labute approximate surface area is 217 Å². The van der Waals surface area contributed by atoms with Crippen molar-refractivity contribution in [2.75, 3.05) is 0 Å². The van der Waals surface area contributed by atoms with Crippen molar-refractivity contribution in [3.8, 4) is 22.8 Å². The lowest BCUT2D eigenvalue weighted by Crippen LogP contribution is -2.45. The first-order chi connectivity index (χ1) is 17.7. The molecule has 6 nitrogen and oxygen atoms in total. The number of hydrogen-bond acceptors (Lipinski definition) is 4. The average molecular weight is 495 g/mol. The van der Waals surface area contributed by atoms with Crippen LogP contribution in [0.5, 0.6) is 11.6 Å². The number of aromatic nitrogens is 1. The minimum atomic E-state index is -0.698. The first-order valence-corrected chi connectivity index (χ1v) is 12.8. The third-order valence-electron chi connectivity index (χ3n) is 8.28. The third kappa shape index (κ3) is 4.23. The van der Waals surface area contributed by atoms with E-state index in [1.54, 1.807) is 6.20 Å². The van der Waals surface area contributed by atoms with Crippen LogP contribution < -0.4 is 9.47 Å². The summed E-state index contributed by atoms with van der Waals surface area (Å²) in [6.07, 6.45) is 4.27. The van der Waals surface area contributed by atoms with Gasteiger partial charge < -0.3 is 19.4 Å². The van der Waals surface area contributed by atoms with Gasteiger partial charge in [-0.1, -0.05) is 18.2 Å². The molecule has 3 aliphatic carbocycles. The van der Waals surface area contributed by atoms with E-state index in [0.717, 1.165) is 52.8 Å². The van der Waals surface area contributed by atoms with Crippen LogP contribution in [-0.2, 0) is 17.8 Å². The molecule has 0 spiro atoms. The highest BCUT2D eigenvalue weighted by atomic mass is 16.5. The third-order valence-corrected chi connectivity index (χ3v) is 8.28. The molecule has 0 radical (unpaired) electrons. The summed E-state index contributed by atoms with van der Waals surface area (Å²) in [5.74, 6) is 0.853. The number of hydrogen-bond donors (Lipinski definition) is 1. The van der Waals surface area contributed by atoms with Gasteiger partial charge in [0.05, 0.1) is 18.8 Å². The summed E-state index contributed by atoms with van der Waals surface area (Å²) in [5.41, 5.74) is 7.66. The molecule has 0 saturated heterocycles. The van der Waals surface area contributed by atoms with E-state index in [4.69, 9.17) is 16.0 Å². The summed E-state index contributed by atoms with van der Waals surface area (Å²) in [7, 11) is 0. The number of nitrogens with zero attached hydrogens (tertiary/aromatic N) is 2. The predicted octanol–water partition coefficient (Wildman–Crippen LogP) is 6.13. The molecule has 2 saturated carbocycles. The van der Waals surface area contributed by atoms with E-state index >= 15 is 0 Å². The second-order valence-electron chi connectivity index (χ2n) is 11.2. The Bertz CT molecular complexity index is 1430. The molecule has 6 heteroatoms. The minimum Gasteiger partial charge on any atom is -0.490 e. The molecule has 0 aliphatic heterocycles. The molecular weight excluding hydrogens is 464 g/mol. The largest absolute Gasteiger partial charge is 0.490 e. The maximum atomic E-state index is 11.3.